The summed E-state index contributed by atoms with van der Waals surface area (Å²) >= 11 is 0. The van der Waals surface area contributed by atoms with E-state index in [4.69, 9.17) is 9.47 Å². The molecule has 18 heavy (non-hydrogen) atoms. The minimum Gasteiger partial charge on any atom is -0.456 e. The highest BCUT2D eigenvalue weighted by atomic mass is 16.7. The van der Waals surface area contributed by atoms with Gasteiger partial charge in [-0.05, 0) is 12.2 Å². The first kappa shape index (κ1) is 12.7. The fourth-order valence-electron chi connectivity index (χ4n) is 2.24. The van der Waals surface area contributed by atoms with Gasteiger partial charge in [-0.25, -0.2) is 0 Å². The van der Waals surface area contributed by atoms with Crippen LogP contribution in [-0.4, -0.2) is 17.7 Å². The summed E-state index contributed by atoms with van der Waals surface area (Å²) in [6, 6.07) is 0. The number of fused-ring (bicyclic) bond motifs is 1. The molecule has 0 aromatic rings. The minimum absolute atomic E-state index is 0.157. The lowest BCUT2D eigenvalue weighted by molar-refractivity contribution is -0.230. The van der Waals surface area contributed by atoms with Gasteiger partial charge in [0.05, 0.1) is 0 Å². The molecule has 2 atom stereocenters. The second-order valence-electron chi connectivity index (χ2n) is 5.06. The molecule has 1 heterocycles. The van der Waals surface area contributed by atoms with Gasteiger partial charge in [-0.3, -0.25) is 9.59 Å². The van der Waals surface area contributed by atoms with Crippen molar-refractivity contribution in [2.75, 3.05) is 0 Å². The number of cyclic esters (lactones) is 1. The first-order valence-corrected chi connectivity index (χ1v) is 5.91. The second kappa shape index (κ2) is 4.15. The molecule has 2 rings (SSSR count). The van der Waals surface area contributed by atoms with E-state index in [0.29, 0.717) is 11.5 Å². The van der Waals surface area contributed by atoms with E-state index < -0.39 is 11.7 Å². The summed E-state index contributed by atoms with van der Waals surface area (Å²) in [5, 5.41) is 2.72. The highest BCUT2D eigenvalue weighted by Gasteiger charge is 2.45. The van der Waals surface area contributed by atoms with Gasteiger partial charge in [0.25, 0.3) is 0 Å². The molecule has 0 bridgehead atoms. The van der Waals surface area contributed by atoms with E-state index in [2.05, 4.69) is 5.32 Å². The van der Waals surface area contributed by atoms with E-state index in [0.717, 1.165) is 0 Å². The molecule has 1 amide bonds. The molecule has 0 aromatic carbocycles. The average molecular weight is 251 g/mol. The Morgan fingerprint density at radius 1 is 1.33 bits per heavy atom. The van der Waals surface area contributed by atoms with Crippen molar-refractivity contribution >= 4 is 11.9 Å². The molecular weight excluding hydrogens is 234 g/mol. The predicted molar refractivity (Wildman–Crippen MR) is 63.9 cm³/mol. The number of nitrogens with one attached hydrogen (secondary N) is 1. The minimum atomic E-state index is -0.932. The maximum atomic E-state index is 12.0. The van der Waals surface area contributed by atoms with Crippen LogP contribution < -0.4 is 5.32 Å². The lowest BCUT2D eigenvalue weighted by Crippen LogP contribution is -2.46. The topological polar surface area (TPSA) is 64.6 Å². The van der Waals surface area contributed by atoms with Crippen LogP contribution in [-0.2, 0) is 19.1 Å². The highest BCUT2D eigenvalue weighted by Crippen LogP contribution is 2.38. The number of ether oxygens (including phenoxy) is 2. The van der Waals surface area contributed by atoms with Crippen LogP contribution in [0.5, 0.6) is 0 Å². The van der Waals surface area contributed by atoms with Crippen LogP contribution in [0.1, 0.15) is 27.7 Å². The summed E-state index contributed by atoms with van der Waals surface area (Å²) < 4.78 is 10.9. The number of carbonyl (C=O) groups excluding carboxylic acids is 2. The van der Waals surface area contributed by atoms with Crippen molar-refractivity contribution in [2.45, 2.75) is 33.5 Å². The number of hydrogen-bond acceptors (Lipinski definition) is 4. The van der Waals surface area contributed by atoms with E-state index in [-0.39, 0.29) is 17.8 Å². The summed E-state index contributed by atoms with van der Waals surface area (Å²) in [7, 11) is 0. The zero-order valence-electron chi connectivity index (χ0n) is 10.9. The van der Waals surface area contributed by atoms with Gasteiger partial charge in [0.2, 0.25) is 11.7 Å². The molecule has 1 saturated heterocycles. The quantitative estimate of drug-likeness (QED) is 0.717. The maximum Gasteiger partial charge on any atom is 0.320 e. The van der Waals surface area contributed by atoms with Gasteiger partial charge in [0.15, 0.2) is 0 Å². The third kappa shape index (κ3) is 2.25. The van der Waals surface area contributed by atoms with E-state index in [9.17, 15) is 9.59 Å². The molecule has 0 spiro atoms. The molecule has 1 N–H and O–H groups in total. The molecule has 5 heteroatoms. The van der Waals surface area contributed by atoms with Crippen molar-refractivity contribution in [2.24, 2.45) is 11.8 Å². The molecule has 1 aliphatic carbocycles. The van der Waals surface area contributed by atoms with Crippen molar-refractivity contribution in [3.05, 3.63) is 23.6 Å². The number of hydrogen-bond donors (Lipinski definition) is 1. The van der Waals surface area contributed by atoms with Gasteiger partial charge in [0.1, 0.15) is 11.7 Å². The smallest absolute Gasteiger partial charge is 0.320 e. The van der Waals surface area contributed by atoms with Crippen LogP contribution in [0.3, 0.4) is 0 Å². The third-order valence-corrected chi connectivity index (χ3v) is 3.01. The average Bonchev–Trinajstić information content (AvgIpc) is 2.19. The number of rotatable bonds is 1. The molecule has 2 aliphatic rings. The van der Waals surface area contributed by atoms with Crippen molar-refractivity contribution in [3.63, 3.8) is 0 Å². The van der Waals surface area contributed by atoms with Crippen molar-refractivity contribution < 1.29 is 19.1 Å². The molecular formula is C13H17NO4. The van der Waals surface area contributed by atoms with Gasteiger partial charge in [-0.2, -0.15) is 0 Å². The van der Waals surface area contributed by atoms with Crippen LogP contribution in [0.25, 0.3) is 0 Å². The van der Waals surface area contributed by atoms with Gasteiger partial charge >= 0.3 is 5.97 Å². The Morgan fingerprint density at radius 3 is 2.61 bits per heavy atom. The Hall–Kier alpha value is -1.78. The van der Waals surface area contributed by atoms with Crippen LogP contribution in [0.15, 0.2) is 23.6 Å². The van der Waals surface area contributed by atoms with E-state index in [1.54, 1.807) is 26.0 Å². The molecule has 1 aliphatic heterocycles. The summed E-state index contributed by atoms with van der Waals surface area (Å²) in [6.45, 7) is 6.69. The molecule has 0 saturated carbocycles. The molecule has 5 nitrogen and oxygen atoms in total. The summed E-state index contributed by atoms with van der Waals surface area (Å²) in [4.78, 5) is 23.1. The SMILES string of the molecule is CC(=O)NC1=CC=C2OC(C)(C)OC(=O)C2C1C. The van der Waals surface area contributed by atoms with Crippen molar-refractivity contribution in [1.29, 1.82) is 0 Å². The monoisotopic (exact) mass is 251 g/mol. The van der Waals surface area contributed by atoms with Gasteiger partial charge in [0, 0.05) is 32.4 Å². The molecule has 0 radical (unpaired) electrons. The molecule has 1 fully saturated rings. The largest absolute Gasteiger partial charge is 0.456 e. The molecule has 2 unspecified atom stereocenters. The van der Waals surface area contributed by atoms with Gasteiger partial charge < -0.3 is 14.8 Å². The van der Waals surface area contributed by atoms with E-state index in [1.807, 2.05) is 6.92 Å². The number of amides is 1. The number of carbonyl (C=O) groups is 2. The third-order valence-electron chi connectivity index (χ3n) is 3.01. The summed E-state index contributed by atoms with van der Waals surface area (Å²) in [6.07, 6.45) is 3.49. The van der Waals surface area contributed by atoms with E-state index >= 15 is 0 Å². The Balaban J connectivity index is 2.30. The molecule has 98 valence electrons. The Bertz CT molecular complexity index is 462. The predicted octanol–water partition coefficient (Wildman–Crippen LogP) is 1.47. The van der Waals surface area contributed by atoms with Crippen LogP contribution in [0.2, 0.25) is 0 Å². The zero-order chi connectivity index (χ0) is 13.5. The summed E-state index contributed by atoms with van der Waals surface area (Å²) in [5.41, 5.74) is 0.705. The fourth-order valence-corrected chi connectivity index (χ4v) is 2.24. The Labute approximate surface area is 106 Å². The Morgan fingerprint density at radius 2 is 2.00 bits per heavy atom. The summed E-state index contributed by atoms with van der Waals surface area (Å²) in [5.74, 6) is -1.46. The second-order valence-corrected chi connectivity index (χ2v) is 5.06. The molecule has 0 aromatic heterocycles. The lowest BCUT2D eigenvalue weighted by Gasteiger charge is -2.40. The van der Waals surface area contributed by atoms with Crippen molar-refractivity contribution in [3.8, 4) is 0 Å². The van der Waals surface area contributed by atoms with Gasteiger partial charge in [-0.15, -0.1) is 0 Å². The normalized spacial score (nSPS) is 29.2. The first-order chi connectivity index (χ1) is 8.30. The standard InChI is InChI=1S/C13H17NO4/c1-7-9(14-8(2)15)5-6-10-11(7)12(16)18-13(3,4)17-10/h5-7,11H,1-4H3,(H,14,15). The number of allylic oxidation sites excluding steroid dienone is 3. The first-order valence-electron chi connectivity index (χ1n) is 5.91. The zero-order valence-corrected chi connectivity index (χ0v) is 10.9. The fraction of sp³-hybridized carbons (Fsp3) is 0.538. The Kier molecular flexibility index (Phi) is 2.92. The lowest BCUT2D eigenvalue weighted by atomic mass is 9.84. The van der Waals surface area contributed by atoms with Crippen LogP contribution in [0.4, 0.5) is 0 Å². The van der Waals surface area contributed by atoms with Gasteiger partial charge in [-0.1, -0.05) is 6.92 Å². The van der Waals surface area contributed by atoms with Crippen LogP contribution in [0, 0.1) is 11.8 Å². The number of esters is 1. The van der Waals surface area contributed by atoms with Crippen molar-refractivity contribution in [1.82, 2.24) is 5.32 Å². The van der Waals surface area contributed by atoms with Crippen LogP contribution >= 0.6 is 0 Å². The maximum absolute atomic E-state index is 12.0. The highest BCUT2D eigenvalue weighted by molar-refractivity contribution is 5.79. The van der Waals surface area contributed by atoms with E-state index in [1.165, 1.54) is 6.92 Å².